The van der Waals surface area contributed by atoms with Crippen molar-refractivity contribution >= 4 is 5.91 Å². The largest absolute Gasteiger partial charge is 0.375 e. The number of hydrogen-bond acceptors (Lipinski definition) is 4. The number of rotatable bonds is 5. The lowest BCUT2D eigenvalue weighted by Crippen LogP contribution is -2.26. The molecule has 0 saturated heterocycles. The summed E-state index contributed by atoms with van der Waals surface area (Å²) in [4.78, 5) is 19.6. The quantitative estimate of drug-likeness (QED) is 0.879. The molecule has 98 valence electrons. The molecule has 0 spiro atoms. The van der Waals surface area contributed by atoms with E-state index >= 15 is 0 Å². The Hall–Kier alpha value is -2.27. The van der Waals surface area contributed by atoms with Crippen LogP contribution in [0.1, 0.15) is 5.69 Å². The zero-order chi connectivity index (χ0) is 13.5. The predicted molar refractivity (Wildman–Crippen MR) is 71.2 cm³/mol. The number of carbonyl (C=O) groups excluding carboxylic acids is 1. The third-order valence-electron chi connectivity index (χ3n) is 2.54. The first kappa shape index (κ1) is 13.2. The molecule has 0 radical (unpaired) electrons. The Kier molecular flexibility index (Phi) is 4.58. The molecular formula is C14H15N3O2. The van der Waals surface area contributed by atoms with E-state index in [-0.39, 0.29) is 12.5 Å². The van der Waals surface area contributed by atoms with Gasteiger partial charge in [-0.2, -0.15) is 0 Å². The lowest BCUT2D eigenvalue weighted by molar-refractivity contribution is -0.124. The SMILES string of the molecule is COCC(=O)NCc1cc(-c2ccccc2)ncn1. The molecule has 0 unspecified atom stereocenters. The van der Waals surface area contributed by atoms with Crippen molar-refractivity contribution < 1.29 is 9.53 Å². The van der Waals surface area contributed by atoms with Gasteiger partial charge in [-0.25, -0.2) is 9.97 Å². The Labute approximate surface area is 111 Å². The Balaban J connectivity index is 2.06. The van der Waals surface area contributed by atoms with E-state index in [1.807, 2.05) is 36.4 Å². The minimum absolute atomic E-state index is 0.0522. The van der Waals surface area contributed by atoms with Gasteiger partial charge in [0.05, 0.1) is 17.9 Å². The van der Waals surface area contributed by atoms with Gasteiger partial charge in [0.2, 0.25) is 5.91 Å². The van der Waals surface area contributed by atoms with Crippen molar-refractivity contribution in [2.24, 2.45) is 0 Å². The molecule has 0 bridgehead atoms. The fourth-order valence-corrected chi connectivity index (χ4v) is 1.63. The van der Waals surface area contributed by atoms with E-state index in [9.17, 15) is 4.79 Å². The highest BCUT2D eigenvalue weighted by Gasteiger charge is 2.03. The van der Waals surface area contributed by atoms with E-state index in [0.717, 1.165) is 17.0 Å². The smallest absolute Gasteiger partial charge is 0.246 e. The Morgan fingerprint density at radius 1 is 1.26 bits per heavy atom. The van der Waals surface area contributed by atoms with Gasteiger partial charge in [0.1, 0.15) is 12.9 Å². The normalized spacial score (nSPS) is 10.2. The predicted octanol–water partition coefficient (Wildman–Crippen LogP) is 1.41. The topological polar surface area (TPSA) is 64.1 Å². The van der Waals surface area contributed by atoms with Gasteiger partial charge in [0, 0.05) is 12.7 Å². The van der Waals surface area contributed by atoms with Crippen LogP contribution in [-0.2, 0) is 16.1 Å². The van der Waals surface area contributed by atoms with E-state index in [1.165, 1.54) is 13.4 Å². The van der Waals surface area contributed by atoms with Crippen LogP contribution in [0.4, 0.5) is 0 Å². The molecule has 0 atom stereocenters. The number of methoxy groups -OCH3 is 1. The second-order valence-electron chi connectivity index (χ2n) is 3.97. The number of ether oxygens (including phenoxy) is 1. The lowest BCUT2D eigenvalue weighted by Gasteiger charge is -2.05. The van der Waals surface area contributed by atoms with E-state index in [1.54, 1.807) is 0 Å². The summed E-state index contributed by atoms with van der Waals surface area (Å²) in [6.45, 7) is 0.418. The highest BCUT2D eigenvalue weighted by Crippen LogP contribution is 2.15. The van der Waals surface area contributed by atoms with Crippen molar-refractivity contribution in [2.45, 2.75) is 6.54 Å². The molecule has 0 saturated carbocycles. The summed E-state index contributed by atoms with van der Waals surface area (Å²) in [6, 6.07) is 11.7. The summed E-state index contributed by atoms with van der Waals surface area (Å²) in [7, 11) is 1.48. The molecule has 1 aromatic heterocycles. The molecule has 2 aromatic rings. The van der Waals surface area contributed by atoms with Crippen LogP contribution in [0.25, 0.3) is 11.3 Å². The second kappa shape index (κ2) is 6.61. The van der Waals surface area contributed by atoms with Gasteiger partial charge < -0.3 is 10.1 Å². The molecule has 0 aliphatic rings. The number of nitrogens with zero attached hydrogens (tertiary/aromatic N) is 2. The van der Waals surface area contributed by atoms with Gasteiger partial charge in [-0.15, -0.1) is 0 Å². The van der Waals surface area contributed by atoms with Crippen molar-refractivity contribution in [1.29, 1.82) is 0 Å². The van der Waals surface area contributed by atoms with Gasteiger partial charge in [0.15, 0.2) is 0 Å². The molecular weight excluding hydrogens is 242 g/mol. The van der Waals surface area contributed by atoms with Gasteiger partial charge in [-0.3, -0.25) is 4.79 Å². The number of amides is 1. The molecule has 0 fully saturated rings. The summed E-state index contributed by atoms with van der Waals surface area (Å²) in [5.41, 5.74) is 2.62. The highest BCUT2D eigenvalue weighted by atomic mass is 16.5. The number of hydrogen-bond donors (Lipinski definition) is 1. The molecule has 0 aliphatic heterocycles. The third-order valence-corrected chi connectivity index (χ3v) is 2.54. The van der Waals surface area contributed by atoms with Crippen molar-refractivity contribution in [2.75, 3.05) is 13.7 Å². The summed E-state index contributed by atoms with van der Waals surface area (Å²) < 4.78 is 4.74. The van der Waals surface area contributed by atoms with Crippen LogP contribution in [-0.4, -0.2) is 29.6 Å². The maximum Gasteiger partial charge on any atom is 0.246 e. The standard InChI is InChI=1S/C14H15N3O2/c1-19-9-14(18)15-8-12-7-13(17-10-16-12)11-5-3-2-4-6-11/h2-7,10H,8-9H2,1H3,(H,15,18). The first-order valence-electron chi connectivity index (χ1n) is 5.91. The van der Waals surface area contributed by atoms with Crippen molar-refractivity contribution in [3.05, 3.63) is 48.4 Å². The molecule has 1 heterocycles. The van der Waals surface area contributed by atoms with Crippen LogP contribution in [0.15, 0.2) is 42.7 Å². The van der Waals surface area contributed by atoms with Crippen LogP contribution in [0.3, 0.4) is 0 Å². The molecule has 5 nitrogen and oxygen atoms in total. The summed E-state index contributed by atoms with van der Waals surface area (Å²) >= 11 is 0. The summed E-state index contributed by atoms with van der Waals surface area (Å²) in [6.07, 6.45) is 1.50. The van der Waals surface area contributed by atoms with Crippen molar-refractivity contribution in [3.63, 3.8) is 0 Å². The summed E-state index contributed by atoms with van der Waals surface area (Å²) in [5.74, 6) is -0.164. The Morgan fingerprint density at radius 2 is 2.05 bits per heavy atom. The van der Waals surface area contributed by atoms with Gasteiger partial charge in [-0.05, 0) is 6.07 Å². The number of nitrogens with one attached hydrogen (secondary N) is 1. The monoisotopic (exact) mass is 257 g/mol. The molecule has 5 heteroatoms. The van der Waals surface area contributed by atoms with Gasteiger partial charge in [0.25, 0.3) is 0 Å². The Bertz CT molecular complexity index is 543. The fraction of sp³-hybridized carbons (Fsp3) is 0.214. The minimum atomic E-state index is -0.164. The van der Waals surface area contributed by atoms with Crippen LogP contribution in [0.2, 0.25) is 0 Å². The number of benzene rings is 1. The zero-order valence-corrected chi connectivity index (χ0v) is 10.7. The van der Waals surface area contributed by atoms with Crippen LogP contribution < -0.4 is 5.32 Å². The first-order valence-corrected chi connectivity index (χ1v) is 5.91. The first-order chi connectivity index (χ1) is 9.29. The molecule has 2 rings (SSSR count). The maximum atomic E-state index is 11.3. The van der Waals surface area contributed by atoms with Crippen LogP contribution >= 0.6 is 0 Å². The second-order valence-corrected chi connectivity index (χ2v) is 3.97. The van der Waals surface area contributed by atoms with E-state index < -0.39 is 0 Å². The van der Waals surface area contributed by atoms with E-state index in [2.05, 4.69) is 15.3 Å². The third kappa shape index (κ3) is 3.86. The lowest BCUT2D eigenvalue weighted by atomic mass is 10.1. The highest BCUT2D eigenvalue weighted by molar-refractivity contribution is 5.77. The number of carbonyl (C=O) groups is 1. The minimum Gasteiger partial charge on any atom is -0.375 e. The number of aromatic nitrogens is 2. The van der Waals surface area contributed by atoms with E-state index in [4.69, 9.17) is 4.74 Å². The molecule has 19 heavy (non-hydrogen) atoms. The average molecular weight is 257 g/mol. The molecule has 1 N–H and O–H groups in total. The average Bonchev–Trinajstić information content (AvgIpc) is 2.47. The summed E-state index contributed by atoms with van der Waals surface area (Å²) in [5, 5.41) is 2.72. The van der Waals surface area contributed by atoms with E-state index in [0.29, 0.717) is 6.54 Å². The maximum absolute atomic E-state index is 11.3. The molecule has 1 amide bonds. The van der Waals surface area contributed by atoms with Crippen LogP contribution in [0, 0.1) is 0 Å². The van der Waals surface area contributed by atoms with Crippen LogP contribution in [0.5, 0.6) is 0 Å². The fourth-order valence-electron chi connectivity index (χ4n) is 1.63. The molecule has 0 aliphatic carbocycles. The van der Waals surface area contributed by atoms with Gasteiger partial charge in [-0.1, -0.05) is 30.3 Å². The van der Waals surface area contributed by atoms with Gasteiger partial charge >= 0.3 is 0 Å². The van der Waals surface area contributed by atoms with Crippen molar-refractivity contribution in [3.8, 4) is 11.3 Å². The van der Waals surface area contributed by atoms with Crippen molar-refractivity contribution in [1.82, 2.24) is 15.3 Å². The Morgan fingerprint density at radius 3 is 2.79 bits per heavy atom. The molecule has 1 aromatic carbocycles. The zero-order valence-electron chi connectivity index (χ0n) is 10.7.